The Labute approximate surface area is 123 Å². The van der Waals surface area contributed by atoms with E-state index >= 15 is 0 Å². The van der Waals surface area contributed by atoms with E-state index in [-0.39, 0.29) is 6.09 Å². The van der Waals surface area contributed by atoms with Crippen molar-refractivity contribution in [3.63, 3.8) is 0 Å². The Morgan fingerprint density at radius 3 is 2.25 bits per heavy atom. The van der Waals surface area contributed by atoms with Crippen molar-refractivity contribution in [2.45, 2.75) is 72.3 Å². The van der Waals surface area contributed by atoms with Crippen LogP contribution in [0, 0.1) is 5.92 Å². The van der Waals surface area contributed by atoms with Gasteiger partial charge in [0.05, 0.1) is 0 Å². The van der Waals surface area contributed by atoms with Crippen molar-refractivity contribution in [3.8, 4) is 0 Å². The van der Waals surface area contributed by atoms with Crippen LogP contribution in [-0.4, -0.2) is 36.0 Å². The molecular weight excluding hydrogens is 254 g/mol. The molecule has 0 aromatic carbocycles. The zero-order valence-electron chi connectivity index (χ0n) is 13.8. The highest BCUT2D eigenvalue weighted by Crippen LogP contribution is 2.15. The van der Waals surface area contributed by atoms with E-state index in [0.717, 1.165) is 38.5 Å². The van der Waals surface area contributed by atoms with Gasteiger partial charge >= 0.3 is 6.09 Å². The third-order valence-electron chi connectivity index (χ3n) is 3.28. The van der Waals surface area contributed by atoms with Crippen LogP contribution in [0.15, 0.2) is 0 Å². The Morgan fingerprint density at radius 2 is 1.80 bits per heavy atom. The van der Waals surface area contributed by atoms with Gasteiger partial charge < -0.3 is 14.4 Å². The number of aldehydes is 1. The number of hydrogen-bond donors (Lipinski definition) is 0. The molecule has 0 unspecified atom stereocenters. The van der Waals surface area contributed by atoms with Crippen LogP contribution in [0.5, 0.6) is 0 Å². The summed E-state index contributed by atoms with van der Waals surface area (Å²) in [6.07, 6.45) is 5.04. The Kier molecular flexibility index (Phi) is 9.26. The van der Waals surface area contributed by atoms with Crippen molar-refractivity contribution < 1.29 is 14.3 Å². The molecule has 0 radical (unpaired) electrons. The molecule has 0 aliphatic carbocycles. The minimum Gasteiger partial charge on any atom is -0.444 e. The lowest BCUT2D eigenvalue weighted by atomic mass is 10.0. The van der Waals surface area contributed by atoms with Crippen molar-refractivity contribution >= 4 is 12.4 Å². The van der Waals surface area contributed by atoms with E-state index in [1.54, 1.807) is 4.90 Å². The van der Waals surface area contributed by atoms with Crippen molar-refractivity contribution in [1.82, 2.24) is 4.90 Å². The maximum absolute atomic E-state index is 12.2. The molecule has 0 aromatic heterocycles. The quantitative estimate of drug-likeness (QED) is 0.474. The standard InChI is InChI=1S/C16H31NO3/c1-6-14(7-2)13-17(11-9-8-10-12-18)15(19)20-16(3,4)5/h12,14H,6-11,13H2,1-5H3. The van der Waals surface area contributed by atoms with Crippen LogP contribution in [0.4, 0.5) is 4.79 Å². The Bertz CT molecular complexity index is 280. The third-order valence-corrected chi connectivity index (χ3v) is 3.28. The van der Waals surface area contributed by atoms with E-state index in [9.17, 15) is 9.59 Å². The van der Waals surface area contributed by atoms with Gasteiger partial charge in [0.2, 0.25) is 0 Å². The molecule has 0 fully saturated rings. The molecule has 0 aromatic rings. The number of nitrogens with zero attached hydrogens (tertiary/aromatic N) is 1. The maximum atomic E-state index is 12.2. The SMILES string of the molecule is CCC(CC)CN(CCCCC=O)C(=O)OC(C)(C)C. The molecule has 0 bridgehead atoms. The molecule has 0 aliphatic rings. The fourth-order valence-corrected chi connectivity index (χ4v) is 1.97. The monoisotopic (exact) mass is 285 g/mol. The molecule has 4 nitrogen and oxygen atoms in total. The van der Waals surface area contributed by atoms with Crippen molar-refractivity contribution in [2.75, 3.05) is 13.1 Å². The molecule has 20 heavy (non-hydrogen) atoms. The van der Waals surface area contributed by atoms with E-state index < -0.39 is 5.60 Å². The van der Waals surface area contributed by atoms with E-state index in [1.807, 2.05) is 20.8 Å². The largest absolute Gasteiger partial charge is 0.444 e. The number of carbonyl (C=O) groups excluding carboxylic acids is 2. The normalized spacial score (nSPS) is 11.5. The van der Waals surface area contributed by atoms with Crippen molar-refractivity contribution in [1.29, 1.82) is 0 Å². The average molecular weight is 285 g/mol. The van der Waals surface area contributed by atoms with Crippen molar-refractivity contribution in [3.05, 3.63) is 0 Å². The molecule has 0 spiro atoms. The summed E-state index contributed by atoms with van der Waals surface area (Å²) in [6.45, 7) is 11.3. The fraction of sp³-hybridized carbons (Fsp3) is 0.875. The summed E-state index contributed by atoms with van der Waals surface area (Å²) in [5.41, 5.74) is -0.466. The first-order valence-electron chi connectivity index (χ1n) is 7.75. The van der Waals surface area contributed by atoms with Gasteiger partial charge in [-0.1, -0.05) is 26.7 Å². The lowest BCUT2D eigenvalue weighted by Crippen LogP contribution is -2.40. The Morgan fingerprint density at radius 1 is 1.20 bits per heavy atom. The lowest BCUT2D eigenvalue weighted by molar-refractivity contribution is -0.107. The van der Waals surface area contributed by atoms with E-state index in [4.69, 9.17) is 4.74 Å². The number of unbranched alkanes of at least 4 members (excludes halogenated alkanes) is 2. The van der Waals surface area contributed by atoms with Gasteiger partial charge in [0.15, 0.2) is 0 Å². The van der Waals surface area contributed by atoms with Crippen LogP contribution in [0.25, 0.3) is 0 Å². The molecular formula is C16H31NO3. The number of hydrogen-bond acceptors (Lipinski definition) is 3. The molecule has 0 heterocycles. The van der Waals surface area contributed by atoms with Crippen LogP contribution < -0.4 is 0 Å². The first-order chi connectivity index (χ1) is 9.34. The summed E-state index contributed by atoms with van der Waals surface area (Å²) in [7, 11) is 0. The summed E-state index contributed by atoms with van der Waals surface area (Å²) in [5, 5.41) is 0. The third kappa shape index (κ3) is 8.94. The Hall–Kier alpha value is -1.06. The summed E-state index contributed by atoms with van der Waals surface area (Å²) < 4.78 is 5.46. The van der Waals surface area contributed by atoms with Gasteiger partial charge in [0, 0.05) is 19.5 Å². The maximum Gasteiger partial charge on any atom is 0.410 e. The fourth-order valence-electron chi connectivity index (χ4n) is 1.97. The summed E-state index contributed by atoms with van der Waals surface area (Å²) in [4.78, 5) is 24.4. The molecule has 1 amide bonds. The molecule has 0 saturated heterocycles. The van der Waals surface area contributed by atoms with Gasteiger partial charge in [-0.05, 0) is 39.5 Å². The molecule has 0 N–H and O–H groups in total. The smallest absolute Gasteiger partial charge is 0.410 e. The second kappa shape index (κ2) is 9.78. The van der Waals surface area contributed by atoms with Gasteiger partial charge in [-0.25, -0.2) is 4.79 Å². The first-order valence-corrected chi connectivity index (χ1v) is 7.75. The van der Waals surface area contributed by atoms with Gasteiger partial charge in [-0.15, -0.1) is 0 Å². The minimum atomic E-state index is -0.466. The number of carbonyl (C=O) groups is 2. The topological polar surface area (TPSA) is 46.6 Å². The number of amides is 1. The van der Waals surface area contributed by atoms with Gasteiger partial charge in [0.25, 0.3) is 0 Å². The van der Waals surface area contributed by atoms with Gasteiger partial charge in [-0.3, -0.25) is 0 Å². The highest BCUT2D eigenvalue weighted by atomic mass is 16.6. The van der Waals surface area contributed by atoms with E-state index in [2.05, 4.69) is 13.8 Å². The molecule has 0 rings (SSSR count). The average Bonchev–Trinajstić information content (AvgIpc) is 2.36. The van der Waals surface area contributed by atoms with Crippen LogP contribution in [0.1, 0.15) is 66.7 Å². The second-order valence-electron chi connectivity index (χ2n) is 6.27. The molecule has 0 atom stereocenters. The molecule has 4 heteroatoms. The molecule has 0 aliphatic heterocycles. The van der Waals surface area contributed by atoms with Gasteiger partial charge in [0.1, 0.15) is 11.9 Å². The van der Waals surface area contributed by atoms with Crippen LogP contribution in [0.2, 0.25) is 0 Å². The number of ether oxygens (including phenoxy) is 1. The summed E-state index contributed by atoms with van der Waals surface area (Å²) in [5.74, 6) is 0.508. The predicted molar refractivity (Wildman–Crippen MR) is 81.8 cm³/mol. The van der Waals surface area contributed by atoms with E-state index in [1.165, 1.54) is 0 Å². The zero-order chi connectivity index (χ0) is 15.6. The lowest BCUT2D eigenvalue weighted by Gasteiger charge is -2.29. The zero-order valence-corrected chi connectivity index (χ0v) is 13.8. The highest BCUT2D eigenvalue weighted by molar-refractivity contribution is 5.68. The highest BCUT2D eigenvalue weighted by Gasteiger charge is 2.23. The second-order valence-corrected chi connectivity index (χ2v) is 6.27. The summed E-state index contributed by atoms with van der Waals surface area (Å²) in [6, 6.07) is 0. The molecule has 118 valence electrons. The Balaban J connectivity index is 4.51. The first kappa shape index (κ1) is 18.9. The van der Waals surface area contributed by atoms with Crippen LogP contribution in [0.3, 0.4) is 0 Å². The van der Waals surface area contributed by atoms with Crippen molar-refractivity contribution in [2.24, 2.45) is 5.92 Å². The van der Waals surface area contributed by atoms with Gasteiger partial charge in [-0.2, -0.15) is 0 Å². The molecule has 0 saturated carbocycles. The van der Waals surface area contributed by atoms with E-state index in [0.29, 0.717) is 18.9 Å². The summed E-state index contributed by atoms with van der Waals surface area (Å²) >= 11 is 0. The predicted octanol–water partition coefficient (Wildman–Crippen LogP) is 4.03. The number of rotatable bonds is 9. The minimum absolute atomic E-state index is 0.240. The van der Waals surface area contributed by atoms with Crippen LogP contribution in [-0.2, 0) is 9.53 Å². The van der Waals surface area contributed by atoms with Crippen LogP contribution >= 0.6 is 0 Å².